The Morgan fingerprint density at radius 2 is 1.93 bits per heavy atom. The van der Waals surface area contributed by atoms with E-state index in [0.717, 1.165) is 5.56 Å². The fourth-order valence-corrected chi connectivity index (χ4v) is 2.10. The van der Waals surface area contributed by atoms with Crippen LogP contribution in [0.5, 0.6) is 0 Å². The summed E-state index contributed by atoms with van der Waals surface area (Å²) >= 11 is 0. The zero-order valence-electron chi connectivity index (χ0n) is 8.06. The third kappa shape index (κ3) is 1.96. The van der Waals surface area contributed by atoms with Gasteiger partial charge in [0.05, 0.1) is 0 Å². The van der Waals surface area contributed by atoms with Crippen molar-refractivity contribution in [2.24, 2.45) is 0 Å². The molecule has 1 saturated carbocycles. The molecule has 0 atom stereocenters. The van der Waals surface area contributed by atoms with Crippen molar-refractivity contribution in [3.05, 3.63) is 24.0 Å². The van der Waals surface area contributed by atoms with Gasteiger partial charge in [0.1, 0.15) is 0 Å². The van der Waals surface area contributed by atoms with Crippen LogP contribution in [0.3, 0.4) is 0 Å². The van der Waals surface area contributed by atoms with Crippen LogP contribution in [0.25, 0.3) is 0 Å². The minimum Gasteiger partial charge on any atom is -0.423 e. The van der Waals surface area contributed by atoms with Crippen molar-refractivity contribution in [3.63, 3.8) is 0 Å². The molecule has 0 radical (unpaired) electrons. The van der Waals surface area contributed by atoms with Gasteiger partial charge in [-0.05, 0) is 24.3 Å². The molecule has 1 aliphatic rings. The molecule has 0 aromatic carbocycles. The van der Waals surface area contributed by atoms with Gasteiger partial charge >= 0.3 is 7.12 Å². The Kier molecular flexibility index (Phi) is 2.84. The predicted octanol–water partition coefficient (Wildman–Crippen LogP) is 0.419. The fraction of sp³-hybridized carbons (Fsp3) is 0.500. The maximum absolute atomic E-state index is 9.01. The van der Waals surface area contributed by atoms with Crippen molar-refractivity contribution in [2.75, 3.05) is 0 Å². The topological polar surface area (TPSA) is 53.4 Å². The zero-order valence-corrected chi connectivity index (χ0v) is 8.06. The molecule has 2 N–H and O–H groups in total. The quantitative estimate of drug-likeness (QED) is 0.666. The first-order valence-corrected chi connectivity index (χ1v) is 5.08. The van der Waals surface area contributed by atoms with Gasteiger partial charge in [0.2, 0.25) is 0 Å². The third-order valence-corrected chi connectivity index (χ3v) is 2.91. The molecule has 3 nitrogen and oxygen atoms in total. The molecule has 1 fully saturated rings. The van der Waals surface area contributed by atoms with E-state index in [9.17, 15) is 0 Å². The molecule has 2 rings (SSSR count). The summed E-state index contributed by atoms with van der Waals surface area (Å²) in [6, 6.07) is 1.85. The average Bonchev–Trinajstić information content (AvgIpc) is 2.71. The van der Waals surface area contributed by atoms with Crippen LogP contribution in [-0.4, -0.2) is 22.2 Å². The number of nitrogens with zero attached hydrogens (tertiary/aromatic N) is 1. The van der Waals surface area contributed by atoms with E-state index in [1.54, 1.807) is 0 Å². The largest absolute Gasteiger partial charge is 0.490 e. The lowest BCUT2D eigenvalue weighted by molar-refractivity contribution is 0.425. The third-order valence-electron chi connectivity index (χ3n) is 2.91. The molecule has 74 valence electrons. The van der Waals surface area contributed by atoms with Gasteiger partial charge in [-0.3, -0.25) is 4.98 Å². The lowest BCUT2D eigenvalue weighted by Crippen LogP contribution is -2.30. The van der Waals surface area contributed by atoms with Gasteiger partial charge < -0.3 is 10.0 Å². The maximum Gasteiger partial charge on any atom is 0.490 e. The van der Waals surface area contributed by atoms with Gasteiger partial charge in [0.15, 0.2) is 0 Å². The van der Waals surface area contributed by atoms with Crippen molar-refractivity contribution in [2.45, 2.75) is 31.6 Å². The second-order valence-electron chi connectivity index (χ2n) is 3.91. The van der Waals surface area contributed by atoms with Crippen molar-refractivity contribution in [1.29, 1.82) is 0 Å². The number of hydrogen-bond donors (Lipinski definition) is 2. The van der Waals surface area contributed by atoms with E-state index in [4.69, 9.17) is 10.0 Å². The smallest absolute Gasteiger partial charge is 0.423 e. The van der Waals surface area contributed by atoms with E-state index in [1.807, 2.05) is 12.3 Å². The van der Waals surface area contributed by atoms with E-state index in [2.05, 4.69) is 4.98 Å². The van der Waals surface area contributed by atoms with Crippen molar-refractivity contribution < 1.29 is 10.0 Å². The van der Waals surface area contributed by atoms with E-state index in [1.165, 1.54) is 31.9 Å². The Labute approximate surface area is 84.0 Å². The minimum atomic E-state index is -1.40. The lowest BCUT2D eigenvalue weighted by Gasteiger charge is -2.09. The summed E-state index contributed by atoms with van der Waals surface area (Å²) in [4.78, 5) is 4.03. The molecule has 1 aliphatic carbocycles. The summed E-state index contributed by atoms with van der Waals surface area (Å²) < 4.78 is 0. The van der Waals surface area contributed by atoms with Crippen molar-refractivity contribution >= 4 is 12.6 Å². The number of rotatable bonds is 2. The summed E-state index contributed by atoms with van der Waals surface area (Å²) in [6.07, 6.45) is 8.29. The average molecular weight is 191 g/mol. The molecule has 0 spiro atoms. The van der Waals surface area contributed by atoms with Crippen LogP contribution in [-0.2, 0) is 0 Å². The molecule has 1 aromatic heterocycles. The summed E-state index contributed by atoms with van der Waals surface area (Å²) in [5, 5.41) is 18.0. The number of aromatic nitrogens is 1. The number of pyridine rings is 1. The Bertz CT molecular complexity index is 311. The van der Waals surface area contributed by atoms with Crippen LogP contribution in [0.1, 0.15) is 37.2 Å². The Balaban J connectivity index is 2.21. The molecular formula is C10H14BNO2. The molecular weight excluding hydrogens is 177 g/mol. The molecule has 4 heteroatoms. The highest BCUT2D eigenvalue weighted by atomic mass is 16.4. The van der Waals surface area contributed by atoms with Gasteiger partial charge in [-0.25, -0.2) is 0 Å². The summed E-state index contributed by atoms with van der Waals surface area (Å²) in [5.41, 5.74) is 1.64. The van der Waals surface area contributed by atoms with Crippen LogP contribution < -0.4 is 5.46 Å². The van der Waals surface area contributed by atoms with Gasteiger partial charge in [-0.15, -0.1) is 0 Å². The fourth-order valence-electron chi connectivity index (χ4n) is 2.10. The lowest BCUT2D eigenvalue weighted by atomic mass is 9.80. The minimum absolute atomic E-state index is 0.495. The van der Waals surface area contributed by atoms with Crippen LogP contribution >= 0.6 is 0 Å². The monoisotopic (exact) mass is 191 g/mol. The van der Waals surface area contributed by atoms with Gasteiger partial charge in [-0.1, -0.05) is 18.9 Å². The molecule has 1 aromatic rings. The van der Waals surface area contributed by atoms with E-state index in [0.29, 0.717) is 11.4 Å². The molecule has 0 saturated heterocycles. The highest BCUT2D eigenvalue weighted by Gasteiger charge is 2.19. The molecule has 1 heterocycles. The Morgan fingerprint density at radius 3 is 2.57 bits per heavy atom. The second-order valence-corrected chi connectivity index (χ2v) is 3.91. The summed E-state index contributed by atoms with van der Waals surface area (Å²) in [6.45, 7) is 0. The molecule has 0 aliphatic heterocycles. The molecule has 14 heavy (non-hydrogen) atoms. The predicted molar refractivity (Wildman–Crippen MR) is 55.3 cm³/mol. The first-order chi connectivity index (χ1) is 6.77. The highest BCUT2D eigenvalue weighted by Crippen LogP contribution is 2.33. The van der Waals surface area contributed by atoms with Gasteiger partial charge in [0.25, 0.3) is 0 Å². The van der Waals surface area contributed by atoms with Crippen molar-refractivity contribution in [3.8, 4) is 0 Å². The summed E-state index contributed by atoms with van der Waals surface area (Å²) in [7, 11) is -1.40. The molecule has 0 bridgehead atoms. The second kappa shape index (κ2) is 4.11. The Morgan fingerprint density at radius 1 is 1.21 bits per heavy atom. The molecule has 0 amide bonds. The van der Waals surface area contributed by atoms with Gasteiger partial charge in [-0.2, -0.15) is 0 Å². The first-order valence-electron chi connectivity index (χ1n) is 5.08. The van der Waals surface area contributed by atoms with Gasteiger partial charge in [0, 0.05) is 17.9 Å². The van der Waals surface area contributed by atoms with E-state index >= 15 is 0 Å². The molecule has 0 unspecified atom stereocenters. The van der Waals surface area contributed by atoms with Crippen LogP contribution in [0.2, 0.25) is 0 Å². The Hall–Kier alpha value is -0.865. The maximum atomic E-state index is 9.01. The van der Waals surface area contributed by atoms with Crippen LogP contribution in [0.15, 0.2) is 18.5 Å². The zero-order chi connectivity index (χ0) is 9.97. The van der Waals surface area contributed by atoms with Crippen LogP contribution in [0.4, 0.5) is 0 Å². The van der Waals surface area contributed by atoms with E-state index < -0.39 is 7.12 Å². The summed E-state index contributed by atoms with van der Waals surface area (Å²) in [5.74, 6) is 0.571. The first kappa shape index (κ1) is 9.68. The van der Waals surface area contributed by atoms with Crippen molar-refractivity contribution in [1.82, 2.24) is 4.98 Å². The highest BCUT2D eigenvalue weighted by molar-refractivity contribution is 6.58. The SMILES string of the molecule is OB(O)c1cncc(C2CCCC2)c1. The van der Waals surface area contributed by atoms with E-state index in [-0.39, 0.29) is 0 Å². The number of hydrogen-bond acceptors (Lipinski definition) is 3. The standard InChI is InChI=1S/C10H14BNO2/c13-11(14)10-5-9(6-12-7-10)8-3-1-2-4-8/h5-8,13-14H,1-4H2. The normalized spacial score (nSPS) is 17.3. The van der Waals surface area contributed by atoms with Crippen LogP contribution in [0, 0.1) is 0 Å².